The Morgan fingerprint density at radius 3 is 2.43 bits per heavy atom. The molecular formula is C17H20BrNO4. The molecule has 0 atom stereocenters. The lowest BCUT2D eigenvalue weighted by Gasteiger charge is -2.17. The van der Waals surface area contributed by atoms with Crippen LogP contribution in [0.3, 0.4) is 0 Å². The van der Waals surface area contributed by atoms with E-state index in [4.69, 9.17) is 13.9 Å². The minimum absolute atomic E-state index is 0.00743. The quantitative estimate of drug-likeness (QED) is 0.767. The summed E-state index contributed by atoms with van der Waals surface area (Å²) in [7, 11) is 4.91. The number of rotatable bonds is 6. The van der Waals surface area contributed by atoms with E-state index in [1.165, 1.54) is 0 Å². The van der Waals surface area contributed by atoms with E-state index < -0.39 is 0 Å². The number of hydrogen-bond donors (Lipinski definition) is 0. The van der Waals surface area contributed by atoms with Crippen LogP contribution in [0.1, 0.15) is 17.1 Å². The van der Waals surface area contributed by atoms with Crippen molar-refractivity contribution in [3.63, 3.8) is 0 Å². The number of carbonyl (C=O) groups is 1. The summed E-state index contributed by atoms with van der Waals surface area (Å²) in [5, 5.41) is 0. The molecule has 1 aromatic heterocycles. The molecule has 6 heteroatoms. The van der Waals surface area contributed by atoms with Gasteiger partial charge in [0.1, 0.15) is 11.5 Å². The molecule has 0 unspecified atom stereocenters. The Labute approximate surface area is 144 Å². The Hall–Kier alpha value is -1.95. The van der Waals surface area contributed by atoms with Crippen LogP contribution in [-0.4, -0.2) is 32.1 Å². The van der Waals surface area contributed by atoms with Crippen LogP contribution < -0.4 is 9.47 Å². The maximum Gasteiger partial charge on any atom is 0.227 e. The number of methoxy groups -OCH3 is 2. The first-order chi connectivity index (χ1) is 10.9. The van der Waals surface area contributed by atoms with Gasteiger partial charge in [0.2, 0.25) is 5.91 Å². The molecule has 0 saturated carbocycles. The summed E-state index contributed by atoms with van der Waals surface area (Å²) in [5.41, 5.74) is 0.843. The number of ether oxygens (including phenoxy) is 2. The molecule has 0 spiro atoms. The Morgan fingerprint density at radius 1 is 1.22 bits per heavy atom. The highest BCUT2D eigenvalue weighted by Crippen LogP contribution is 2.33. The predicted octanol–water partition coefficient (Wildman–Crippen LogP) is 3.57. The van der Waals surface area contributed by atoms with Gasteiger partial charge in [0.05, 0.1) is 27.2 Å². The molecule has 0 bridgehead atoms. The maximum absolute atomic E-state index is 12.4. The summed E-state index contributed by atoms with van der Waals surface area (Å²) in [4.78, 5) is 14.1. The van der Waals surface area contributed by atoms with Gasteiger partial charge in [0.25, 0.3) is 0 Å². The first-order valence-electron chi connectivity index (χ1n) is 7.14. The fraction of sp³-hybridized carbons (Fsp3) is 0.353. The van der Waals surface area contributed by atoms with Gasteiger partial charge in [0, 0.05) is 11.5 Å². The predicted molar refractivity (Wildman–Crippen MR) is 90.9 cm³/mol. The Balaban J connectivity index is 2.10. The van der Waals surface area contributed by atoms with E-state index in [0.29, 0.717) is 18.0 Å². The fourth-order valence-electron chi connectivity index (χ4n) is 2.22. The second kappa shape index (κ2) is 7.55. The number of amides is 1. The molecule has 0 aliphatic rings. The number of likely N-dealkylation sites (N-methyl/N-ethyl adjacent to an activating group) is 1. The SMILES string of the molecule is COc1cc(Br)c(CC(=O)N(C)Cc2ccc(C)o2)cc1OC. The Bertz CT molecular complexity index is 696. The lowest BCUT2D eigenvalue weighted by Crippen LogP contribution is -2.27. The highest BCUT2D eigenvalue weighted by atomic mass is 79.9. The summed E-state index contributed by atoms with van der Waals surface area (Å²) in [6.45, 7) is 2.32. The van der Waals surface area contributed by atoms with Gasteiger partial charge in [-0.2, -0.15) is 0 Å². The number of carbonyl (C=O) groups excluding carboxylic acids is 1. The van der Waals surface area contributed by atoms with Gasteiger partial charge in [-0.15, -0.1) is 0 Å². The average Bonchev–Trinajstić information content (AvgIpc) is 2.93. The molecule has 1 amide bonds. The lowest BCUT2D eigenvalue weighted by molar-refractivity contribution is -0.129. The standard InChI is InChI=1S/C17H20BrNO4/c1-11-5-6-13(23-11)10-19(2)17(20)8-12-7-15(21-3)16(22-4)9-14(12)18/h5-7,9H,8,10H2,1-4H3. The third-order valence-electron chi connectivity index (χ3n) is 3.51. The number of aryl methyl sites for hydroxylation is 1. The second-order valence-electron chi connectivity index (χ2n) is 5.24. The average molecular weight is 382 g/mol. The molecule has 2 aromatic rings. The second-order valence-corrected chi connectivity index (χ2v) is 6.09. The Kier molecular flexibility index (Phi) is 5.71. The number of benzene rings is 1. The molecule has 1 aromatic carbocycles. The van der Waals surface area contributed by atoms with Crippen LogP contribution in [-0.2, 0) is 17.8 Å². The molecule has 0 N–H and O–H groups in total. The van der Waals surface area contributed by atoms with Gasteiger partial charge >= 0.3 is 0 Å². The number of hydrogen-bond acceptors (Lipinski definition) is 4. The minimum atomic E-state index is -0.00743. The zero-order valence-electron chi connectivity index (χ0n) is 13.7. The summed E-state index contributed by atoms with van der Waals surface area (Å²) in [5.74, 6) is 2.82. The smallest absolute Gasteiger partial charge is 0.227 e. The molecule has 5 nitrogen and oxygen atoms in total. The molecule has 0 aliphatic heterocycles. The van der Waals surface area contributed by atoms with Crippen molar-refractivity contribution in [3.8, 4) is 11.5 Å². The molecule has 124 valence electrons. The van der Waals surface area contributed by atoms with Crippen molar-refractivity contribution < 1.29 is 18.7 Å². The van der Waals surface area contributed by atoms with Crippen LogP contribution >= 0.6 is 15.9 Å². The summed E-state index contributed by atoms with van der Waals surface area (Å²) >= 11 is 3.47. The van der Waals surface area contributed by atoms with Crippen LogP contribution in [0.2, 0.25) is 0 Å². The van der Waals surface area contributed by atoms with Crippen LogP contribution in [0.25, 0.3) is 0 Å². The monoisotopic (exact) mass is 381 g/mol. The third-order valence-corrected chi connectivity index (χ3v) is 4.25. The highest BCUT2D eigenvalue weighted by molar-refractivity contribution is 9.10. The van der Waals surface area contributed by atoms with Crippen molar-refractivity contribution in [2.75, 3.05) is 21.3 Å². The Morgan fingerprint density at radius 2 is 1.87 bits per heavy atom. The van der Waals surface area contributed by atoms with E-state index >= 15 is 0 Å². The van der Waals surface area contributed by atoms with Gasteiger partial charge in [-0.3, -0.25) is 4.79 Å². The largest absolute Gasteiger partial charge is 0.493 e. The van der Waals surface area contributed by atoms with Crippen molar-refractivity contribution >= 4 is 21.8 Å². The molecule has 0 radical (unpaired) electrons. The van der Waals surface area contributed by atoms with Crippen LogP contribution in [0.15, 0.2) is 33.2 Å². The topological polar surface area (TPSA) is 51.9 Å². The molecule has 0 saturated heterocycles. The highest BCUT2D eigenvalue weighted by Gasteiger charge is 2.16. The number of nitrogens with zero attached hydrogens (tertiary/aromatic N) is 1. The van der Waals surface area contributed by atoms with Gasteiger partial charge < -0.3 is 18.8 Å². The maximum atomic E-state index is 12.4. The van der Waals surface area contributed by atoms with Gasteiger partial charge in [-0.25, -0.2) is 0 Å². The van der Waals surface area contributed by atoms with E-state index in [1.54, 1.807) is 32.2 Å². The molecule has 0 aliphatic carbocycles. The number of halogens is 1. The molecule has 0 fully saturated rings. The van der Waals surface area contributed by atoms with E-state index in [-0.39, 0.29) is 12.3 Å². The van der Waals surface area contributed by atoms with Crippen molar-refractivity contribution in [1.82, 2.24) is 4.90 Å². The zero-order valence-corrected chi connectivity index (χ0v) is 15.3. The molecule has 23 heavy (non-hydrogen) atoms. The molecule has 1 heterocycles. The number of furan rings is 1. The molecule has 2 rings (SSSR count). The van der Waals surface area contributed by atoms with Crippen LogP contribution in [0.4, 0.5) is 0 Å². The van der Waals surface area contributed by atoms with Crippen molar-refractivity contribution in [1.29, 1.82) is 0 Å². The van der Waals surface area contributed by atoms with Gasteiger partial charge in [-0.05, 0) is 36.8 Å². The van der Waals surface area contributed by atoms with Crippen LogP contribution in [0, 0.1) is 6.92 Å². The molecular weight excluding hydrogens is 362 g/mol. The fourth-order valence-corrected chi connectivity index (χ4v) is 2.68. The van der Waals surface area contributed by atoms with E-state index in [2.05, 4.69) is 15.9 Å². The van der Waals surface area contributed by atoms with E-state index in [9.17, 15) is 4.79 Å². The summed E-state index contributed by atoms with van der Waals surface area (Å²) in [6, 6.07) is 7.38. The zero-order chi connectivity index (χ0) is 17.0. The van der Waals surface area contributed by atoms with Crippen LogP contribution in [0.5, 0.6) is 11.5 Å². The first kappa shape index (κ1) is 17.4. The minimum Gasteiger partial charge on any atom is -0.493 e. The normalized spacial score (nSPS) is 10.5. The van der Waals surface area contributed by atoms with Crippen molar-refractivity contribution in [2.24, 2.45) is 0 Å². The lowest BCUT2D eigenvalue weighted by atomic mass is 10.1. The third kappa shape index (κ3) is 4.28. The summed E-state index contributed by atoms with van der Waals surface area (Å²) in [6.07, 6.45) is 0.261. The van der Waals surface area contributed by atoms with Gasteiger partial charge in [0.15, 0.2) is 11.5 Å². The van der Waals surface area contributed by atoms with E-state index in [1.807, 2.05) is 25.1 Å². The van der Waals surface area contributed by atoms with Crippen molar-refractivity contribution in [2.45, 2.75) is 19.9 Å². The first-order valence-corrected chi connectivity index (χ1v) is 7.93. The van der Waals surface area contributed by atoms with Gasteiger partial charge in [-0.1, -0.05) is 15.9 Å². The summed E-state index contributed by atoms with van der Waals surface area (Å²) < 4.78 is 16.8. The van der Waals surface area contributed by atoms with Crippen molar-refractivity contribution in [3.05, 3.63) is 45.8 Å². The van der Waals surface area contributed by atoms with E-state index in [0.717, 1.165) is 21.6 Å².